The van der Waals surface area contributed by atoms with Crippen LogP contribution in [-0.4, -0.2) is 13.2 Å². The minimum absolute atomic E-state index is 0.690. The molecule has 0 aliphatic heterocycles. The normalized spacial score (nSPS) is 9.50. The molecule has 0 aromatic heterocycles. The highest BCUT2D eigenvalue weighted by Gasteiger charge is 1.94. The van der Waals surface area contributed by atoms with E-state index < -0.39 is 0 Å². The van der Waals surface area contributed by atoms with Crippen molar-refractivity contribution in [2.24, 2.45) is 0 Å². The van der Waals surface area contributed by atoms with Gasteiger partial charge in [0.15, 0.2) is 0 Å². The molecule has 1 aromatic rings. The zero-order chi connectivity index (χ0) is 8.81. The second-order valence-electron chi connectivity index (χ2n) is 2.34. The first-order chi connectivity index (χ1) is 5.86. The average Bonchev–Trinajstić information content (AvgIpc) is 2.06. The van der Waals surface area contributed by atoms with Crippen LogP contribution >= 0.6 is 0 Å². The molecule has 2 heteroatoms. The Morgan fingerprint density at radius 1 is 1.00 bits per heavy atom. The van der Waals surface area contributed by atoms with E-state index in [4.69, 9.17) is 9.47 Å². The number of benzene rings is 1. The van der Waals surface area contributed by atoms with Crippen molar-refractivity contribution in [2.75, 3.05) is 13.2 Å². The monoisotopic (exact) mass is 166 g/mol. The highest BCUT2D eigenvalue weighted by atomic mass is 16.5. The Kier molecular flexibility index (Phi) is 3.45. The number of hydrogen-bond donors (Lipinski definition) is 0. The van der Waals surface area contributed by atoms with Crippen LogP contribution in [0.15, 0.2) is 24.3 Å². The van der Waals surface area contributed by atoms with Gasteiger partial charge in [-0.2, -0.15) is 0 Å². The molecular weight excluding hydrogens is 152 g/mol. The smallest absolute Gasteiger partial charge is 0.122 e. The van der Waals surface area contributed by atoms with Crippen molar-refractivity contribution in [1.29, 1.82) is 0 Å². The van der Waals surface area contributed by atoms with E-state index in [9.17, 15) is 0 Å². The van der Waals surface area contributed by atoms with Crippen molar-refractivity contribution < 1.29 is 9.47 Å². The van der Waals surface area contributed by atoms with Crippen molar-refractivity contribution in [3.63, 3.8) is 0 Å². The molecule has 0 amide bonds. The summed E-state index contributed by atoms with van der Waals surface area (Å²) in [6.07, 6.45) is 0. The zero-order valence-electron chi connectivity index (χ0n) is 7.54. The fourth-order valence-corrected chi connectivity index (χ4v) is 0.987. The van der Waals surface area contributed by atoms with Gasteiger partial charge in [-0.1, -0.05) is 6.07 Å². The molecule has 0 spiro atoms. The number of rotatable bonds is 4. The molecule has 66 valence electrons. The zero-order valence-corrected chi connectivity index (χ0v) is 7.54. The summed E-state index contributed by atoms with van der Waals surface area (Å²) in [7, 11) is 0. The van der Waals surface area contributed by atoms with Crippen LogP contribution in [0.4, 0.5) is 0 Å². The molecule has 0 aliphatic carbocycles. The number of hydrogen-bond acceptors (Lipinski definition) is 2. The van der Waals surface area contributed by atoms with E-state index in [1.807, 2.05) is 38.1 Å². The van der Waals surface area contributed by atoms with Crippen LogP contribution < -0.4 is 9.47 Å². The summed E-state index contributed by atoms with van der Waals surface area (Å²) in [5.74, 6) is 1.73. The molecule has 0 heterocycles. The lowest BCUT2D eigenvalue weighted by Crippen LogP contribution is -1.94. The lowest BCUT2D eigenvalue weighted by atomic mass is 10.3. The molecule has 0 radical (unpaired) electrons. The predicted octanol–water partition coefficient (Wildman–Crippen LogP) is 2.48. The summed E-state index contributed by atoms with van der Waals surface area (Å²) >= 11 is 0. The van der Waals surface area contributed by atoms with Gasteiger partial charge in [0.2, 0.25) is 0 Å². The van der Waals surface area contributed by atoms with Crippen molar-refractivity contribution in [2.45, 2.75) is 13.8 Å². The van der Waals surface area contributed by atoms with Gasteiger partial charge in [0.05, 0.1) is 13.2 Å². The lowest BCUT2D eigenvalue weighted by Gasteiger charge is -2.05. The molecule has 1 aromatic carbocycles. The summed E-state index contributed by atoms with van der Waals surface area (Å²) in [4.78, 5) is 0. The van der Waals surface area contributed by atoms with Crippen LogP contribution in [0, 0.1) is 0 Å². The van der Waals surface area contributed by atoms with E-state index in [0.29, 0.717) is 13.2 Å². The van der Waals surface area contributed by atoms with Gasteiger partial charge in [-0.05, 0) is 26.0 Å². The molecule has 0 fully saturated rings. The van der Waals surface area contributed by atoms with Crippen LogP contribution in [0.2, 0.25) is 0 Å². The Morgan fingerprint density at radius 3 is 1.92 bits per heavy atom. The fraction of sp³-hybridized carbons (Fsp3) is 0.400. The van der Waals surface area contributed by atoms with E-state index in [1.54, 1.807) is 0 Å². The molecule has 12 heavy (non-hydrogen) atoms. The molecule has 0 unspecified atom stereocenters. The first kappa shape index (κ1) is 8.91. The van der Waals surface area contributed by atoms with Gasteiger partial charge >= 0.3 is 0 Å². The Hall–Kier alpha value is -1.18. The van der Waals surface area contributed by atoms with Gasteiger partial charge in [-0.3, -0.25) is 0 Å². The lowest BCUT2D eigenvalue weighted by molar-refractivity contribution is 0.323. The average molecular weight is 166 g/mol. The summed E-state index contributed by atoms with van der Waals surface area (Å²) in [5, 5.41) is 0. The van der Waals surface area contributed by atoms with E-state index in [0.717, 1.165) is 11.5 Å². The highest BCUT2D eigenvalue weighted by Crippen LogP contribution is 2.18. The first-order valence-electron chi connectivity index (χ1n) is 4.22. The van der Waals surface area contributed by atoms with Crippen LogP contribution in [0.3, 0.4) is 0 Å². The maximum atomic E-state index is 5.31. The van der Waals surface area contributed by atoms with E-state index in [2.05, 4.69) is 0 Å². The Balaban J connectivity index is 2.67. The fourth-order valence-electron chi connectivity index (χ4n) is 0.987. The standard InChI is InChI=1S/C10H14O2/c1-3-11-9-6-5-7-10(8-9)12-4-2/h5-8H,3-4H2,1-2H3. The Morgan fingerprint density at radius 2 is 1.50 bits per heavy atom. The third-order valence-electron chi connectivity index (χ3n) is 1.43. The molecular formula is C10H14O2. The van der Waals surface area contributed by atoms with Crippen LogP contribution in [-0.2, 0) is 0 Å². The Labute approximate surface area is 73.1 Å². The molecule has 1 rings (SSSR count). The maximum Gasteiger partial charge on any atom is 0.122 e. The topological polar surface area (TPSA) is 18.5 Å². The largest absolute Gasteiger partial charge is 0.494 e. The maximum absolute atomic E-state index is 5.31. The van der Waals surface area contributed by atoms with Crippen LogP contribution in [0.5, 0.6) is 11.5 Å². The van der Waals surface area contributed by atoms with Crippen LogP contribution in [0.1, 0.15) is 13.8 Å². The van der Waals surface area contributed by atoms with Crippen molar-refractivity contribution >= 4 is 0 Å². The SMILES string of the molecule is CCOc1cccc(OCC)c1. The van der Waals surface area contributed by atoms with Gasteiger partial charge in [0.1, 0.15) is 11.5 Å². The highest BCUT2D eigenvalue weighted by molar-refractivity contribution is 5.32. The van der Waals surface area contributed by atoms with E-state index >= 15 is 0 Å². The summed E-state index contributed by atoms with van der Waals surface area (Å²) in [5.41, 5.74) is 0. The molecule has 0 saturated carbocycles. The third kappa shape index (κ3) is 2.46. The Bertz CT molecular complexity index is 212. The minimum Gasteiger partial charge on any atom is -0.494 e. The molecule has 0 bridgehead atoms. The summed E-state index contributed by atoms with van der Waals surface area (Å²) in [6, 6.07) is 7.67. The molecule has 0 N–H and O–H groups in total. The van der Waals surface area contributed by atoms with Crippen molar-refractivity contribution in [3.05, 3.63) is 24.3 Å². The number of ether oxygens (including phenoxy) is 2. The second kappa shape index (κ2) is 4.65. The second-order valence-corrected chi connectivity index (χ2v) is 2.34. The van der Waals surface area contributed by atoms with Gasteiger partial charge in [-0.25, -0.2) is 0 Å². The van der Waals surface area contributed by atoms with Gasteiger partial charge in [0.25, 0.3) is 0 Å². The summed E-state index contributed by atoms with van der Waals surface area (Å²) < 4.78 is 10.6. The van der Waals surface area contributed by atoms with Gasteiger partial charge < -0.3 is 9.47 Å². The van der Waals surface area contributed by atoms with Crippen molar-refractivity contribution in [1.82, 2.24) is 0 Å². The van der Waals surface area contributed by atoms with Crippen molar-refractivity contribution in [3.8, 4) is 11.5 Å². The minimum atomic E-state index is 0.690. The third-order valence-corrected chi connectivity index (χ3v) is 1.43. The predicted molar refractivity (Wildman–Crippen MR) is 48.8 cm³/mol. The molecule has 0 aliphatic rings. The van der Waals surface area contributed by atoms with Gasteiger partial charge in [0, 0.05) is 6.07 Å². The van der Waals surface area contributed by atoms with Gasteiger partial charge in [-0.15, -0.1) is 0 Å². The molecule has 0 saturated heterocycles. The van der Waals surface area contributed by atoms with E-state index in [-0.39, 0.29) is 0 Å². The summed E-state index contributed by atoms with van der Waals surface area (Å²) in [6.45, 7) is 5.31. The molecule has 0 atom stereocenters. The van der Waals surface area contributed by atoms with Crippen LogP contribution in [0.25, 0.3) is 0 Å². The quantitative estimate of drug-likeness (QED) is 0.684. The molecule has 2 nitrogen and oxygen atoms in total. The first-order valence-corrected chi connectivity index (χ1v) is 4.22. The van der Waals surface area contributed by atoms with E-state index in [1.165, 1.54) is 0 Å².